The summed E-state index contributed by atoms with van der Waals surface area (Å²) in [4.78, 5) is 4.39. The van der Waals surface area contributed by atoms with E-state index in [1.54, 1.807) is 0 Å². The molecule has 1 heterocycles. The molecule has 1 aromatic heterocycles. The Kier molecular flexibility index (Phi) is 2.58. The zero-order valence-corrected chi connectivity index (χ0v) is 9.51. The zero-order chi connectivity index (χ0) is 9.26. The van der Waals surface area contributed by atoms with Gasteiger partial charge in [0.1, 0.15) is 0 Å². The highest BCUT2D eigenvalue weighted by molar-refractivity contribution is 7.27. The van der Waals surface area contributed by atoms with Crippen LogP contribution in [-0.2, 0) is 6.16 Å². The number of benzene rings is 1. The van der Waals surface area contributed by atoms with Crippen molar-refractivity contribution < 1.29 is 0 Å². The number of aromatic nitrogens is 1. The fraction of sp³-hybridized carbons (Fsp3) is 0.100. The molecular formula is C10H11NP2. The average Bonchev–Trinajstić information content (AvgIpc) is 2.17. The molecule has 0 aliphatic carbocycles. The lowest BCUT2D eigenvalue weighted by Gasteiger charge is -2.00. The van der Waals surface area contributed by atoms with Crippen molar-refractivity contribution in [1.82, 2.24) is 4.98 Å². The van der Waals surface area contributed by atoms with Gasteiger partial charge in [0.15, 0.2) is 0 Å². The van der Waals surface area contributed by atoms with Crippen molar-refractivity contribution in [2.45, 2.75) is 6.16 Å². The van der Waals surface area contributed by atoms with E-state index in [1.165, 1.54) is 16.3 Å². The van der Waals surface area contributed by atoms with Crippen LogP contribution in [0.4, 0.5) is 0 Å². The minimum atomic E-state index is 0.964. The summed E-state index contributed by atoms with van der Waals surface area (Å²) in [5.41, 5.74) is 2.32. The number of nitrogens with zero attached hydrogens (tertiary/aromatic N) is 1. The molecule has 2 unspecified atom stereocenters. The van der Waals surface area contributed by atoms with E-state index in [9.17, 15) is 0 Å². The molecule has 3 heteroatoms. The van der Waals surface area contributed by atoms with Crippen LogP contribution in [0.5, 0.6) is 0 Å². The van der Waals surface area contributed by atoms with Crippen molar-refractivity contribution in [1.29, 1.82) is 0 Å². The second-order valence-electron chi connectivity index (χ2n) is 3.00. The van der Waals surface area contributed by atoms with Crippen molar-refractivity contribution >= 4 is 34.7 Å². The molecule has 13 heavy (non-hydrogen) atoms. The Balaban J connectivity index is 2.66. The normalized spacial score (nSPS) is 10.6. The molecule has 0 radical (unpaired) electrons. The third kappa shape index (κ3) is 1.88. The van der Waals surface area contributed by atoms with Gasteiger partial charge in [0.25, 0.3) is 0 Å². The maximum absolute atomic E-state index is 4.39. The van der Waals surface area contributed by atoms with Crippen molar-refractivity contribution in [3.05, 3.63) is 36.0 Å². The van der Waals surface area contributed by atoms with Gasteiger partial charge in [-0.15, -0.1) is 18.5 Å². The van der Waals surface area contributed by atoms with E-state index in [0.29, 0.717) is 0 Å². The fourth-order valence-electron chi connectivity index (χ4n) is 1.30. The summed E-state index contributed by atoms with van der Waals surface area (Å²) < 4.78 is 0. The van der Waals surface area contributed by atoms with E-state index in [0.717, 1.165) is 11.7 Å². The largest absolute Gasteiger partial charge is 0.256 e. The number of fused-ring (bicyclic) bond motifs is 1. The maximum atomic E-state index is 4.39. The van der Waals surface area contributed by atoms with Crippen LogP contribution in [0.15, 0.2) is 30.5 Å². The predicted molar refractivity (Wildman–Crippen MR) is 64.5 cm³/mol. The number of rotatable bonds is 1. The second kappa shape index (κ2) is 3.70. The van der Waals surface area contributed by atoms with Gasteiger partial charge in [0, 0.05) is 11.6 Å². The molecule has 2 aromatic rings. The van der Waals surface area contributed by atoms with Crippen molar-refractivity contribution in [3.8, 4) is 0 Å². The molecule has 0 aliphatic rings. The first-order valence-corrected chi connectivity index (χ1v) is 5.53. The van der Waals surface area contributed by atoms with Gasteiger partial charge in [0.2, 0.25) is 0 Å². The Bertz CT molecular complexity index is 440. The van der Waals surface area contributed by atoms with Gasteiger partial charge in [-0.3, -0.25) is 4.98 Å². The summed E-state index contributed by atoms with van der Waals surface area (Å²) in [5.74, 6) is 0. The fourth-order valence-corrected chi connectivity index (χ4v) is 1.77. The van der Waals surface area contributed by atoms with Crippen LogP contribution in [0.25, 0.3) is 10.9 Å². The van der Waals surface area contributed by atoms with Gasteiger partial charge >= 0.3 is 0 Å². The number of hydrogen-bond acceptors (Lipinski definition) is 1. The Morgan fingerprint density at radius 3 is 2.85 bits per heavy atom. The molecule has 1 nitrogen and oxygen atoms in total. The molecule has 2 atom stereocenters. The average molecular weight is 207 g/mol. The summed E-state index contributed by atoms with van der Waals surface area (Å²) in [5, 5.41) is 2.39. The van der Waals surface area contributed by atoms with E-state index in [4.69, 9.17) is 0 Å². The minimum Gasteiger partial charge on any atom is -0.256 e. The smallest absolute Gasteiger partial charge is 0.0708 e. The molecular weight excluding hydrogens is 196 g/mol. The Morgan fingerprint density at radius 2 is 2.08 bits per heavy atom. The first-order valence-electron chi connectivity index (χ1n) is 4.14. The Morgan fingerprint density at radius 1 is 1.23 bits per heavy atom. The lowest BCUT2D eigenvalue weighted by molar-refractivity contribution is 1.31. The standard InChI is InChI=1S/C10H11NP2/c12-6-7-3-8-1-2-9(13)4-10(8)11-5-7/h1-5H,6,12-13H2. The highest BCUT2D eigenvalue weighted by Gasteiger charge is 1.96. The molecule has 0 saturated heterocycles. The topological polar surface area (TPSA) is 12.9 Å². The van der Waals surface area contributed by atoms with Crippen LogP contribution in [0.2, 0.25) is 0 Å². The highest BCUT2D eigenvalue weighted by Crippen LogP contribution is 2.14. The van der Waals surface area contributed by atoms with Crippen molar-refractivity contribution in [2.24, 2.45) is 0 Å². The van der Waals surface area contributed by atoms with Crippen LogP contribution in [0, 0.1) is 0 Å². The molecule has 1 aromatic carbocycles. The molecule has 0 fully saturated rings. The van der Waals surface area contributed by atoms with Crippen LogP contribution in [0.1, 0.15) is 5.56 Å². The Labute approximate surface area is 82.4 Å². The summed E-state index contributed by atoms with van der Waals surface area (Å²) in [6.45, 7) is 0. The minimum absolute atomic E-state index is 0.964. The zero-order valence-electron chi connectivity index (χ0n) is 7.20. The second-order valence-corrected chi connectivity index (χ2v) is 4.07. The predicted octanol–water partition coefficient (Wildman–Crippen LogP) is 2.11. The van der Waals surface area contributed by atoms with Gasteiger partial charge in [0.05, 0.1) is 5.52 Å². The van der Waals surface area contributed by atoms with Gasteiger partial charge in [-0.25, -0.2) is 0 Å². The third-order valence-corrected chi connectivity index (χ3v) is 2.83. The maximum Gasteiger partial charge on any atom is 0.0708 e. The molecule has 0 aliphatic heterocycles. The Hall–Kier alpha value is -0.510. The van der Waals surface area contributed by atoms with E-state index in [1.807, 2.05) is 6.20 Å². The lowest BCUT2D eigenvalue weighted by Crippen LogP contribution is -1.91. The quantitative estimate of drug-likeness (QED) is 0.652. The lowest BCUT2D eigenvalue weighted by atomic mass is 10.2. The van der Waals surface area contributed by atoms with E-state index in [2.05, 4.69) is 47.7 Å². The molecule has 0 bridgehead atoms. The van der Waals surface area contributed by atoms with Crippen LogP contribution < -0.4 is 5.30 Å². The highest BCUT2D eigenvalue weighted by atomic mass is 31.0. The van der Waals surface area contributed by atoms with Crippen molar-refractivity contribution in [2.75, 3.05) is 0 Å². The SMILES string of the molecule is PCc1cnc2cc(P)ccc2c1. The summed E-state index contributed by atoms with van der Waals surface area (Å²) in [6.07, 6.45) is 2.89. The third-order valence-electron chi connectivity index (χ3n) is 2.00. The number of pyridine rings is 1. The molecule has 0 spiro atoms. The first-order chi connectivity index (χ1) is 6.29. The van der Waals surface area contributed by atoms with Crippen LogP contribution in [0.3, 0.4) is 0 Å². The molecule has 0 amide bonds. The van der Waals surface area contributed by atoms with Crippen LogP contribution in [-0.4, -0.2) is 4.98 Å². The summed E-state index contributed by atoms with van der Waals surface area (Å²) >= 11 is 0. The van der Waals surface area contributed by atoms with Gasteiger partial charge in [-0.2, -0.15) is 0 Å². The van der Waals surface area contributed by atoms with E-state index < -0.39 is 0 Å². The van der Waals surface area contributed by atoms with Gasteiger partial charge in [-0.05, 0) is 29.2 Å². The van der Waals surface area contributed by atoms with Gasteiger partial charge < -0.3 is 0 Å². The monoisotopic (exact) mass is 207 g/mol. The molecule has 0 saturated carbocycles. The summed E-state index contributed by atoms with van der Waals surface area (Å²) in [6, 6.07) is 8.45. The number of hydrogen-bond donors (Lipinski definition) is 0. The molecule has 66 valence electrons. The summed E-state index contributed by atoms with van der Waals surface area (Å²) in [7, 11) is 5.39. The van der Waals surface area contributed by atoms with Crippen LogP contribution >= 0.6 is 18.5 Å². The van der Waals surface area contributed by atoms with Gasteiger partial charge in [-0.1, -0.05) is 12.1 Å². The first kappa shape index (κ1) is 9.06. The van der Waals surface area contributed by atoms with E-state index >= 15 is 0 Å². The van der Waals surface area contributed by atoms with E-state index in [-0.39, 0.29) is 0 Å². The molecule has 2 rings (SSSR count). The van der Waals surface area contributed by atoms with Crippen molar-refractivity contribution in [3.63, 3.8) is 0 Å². The molecule has 0 N–H and O–H groups in total.